The van der Waals surface area contributed by atoms with Gasteiger partial charge < -0.3 is 9.64 Å². The van der Waals surface area contributed by atoms with Gasteiger partial charge in [-0.05, 0) is 55.9 Å². The number of rotatable bonds is 4. The third-order valence-corrected chi connectivity index (χ3v) is 4.99. The summed E-state index contributed by atoms with van der Waals surface area (Å²) in [6, 6.07) is 6.49. The fraction of sp³-hybridized carbons (Fsp3) is 0.500. The van der Waals surface area contributed by atoms with Crippen LogP contribution in [0.5, 0.6) is 0 Å². The number of ether oxygens (including phenoxy) is 1. The molecule has 0 saturated carbocycles. The molecule has 3 atom stereocenters. The smallest absolute Gasteiger partial charge is 0.246 e. The summed E-state index contributed by atoms with van der Waals surface area (Å²) in [6.07, 6.45) is 5.17. The molecule has 2 aliphatic heterocycles. The van der Waals surface area contributed by atoms with Crippen molar-refractivity contribution < 1.29 is 9.53 Å². The predicted octanol–water partition coefficient (Wildman–Crippen LogP) is 3.14. The van der Waals surface area contributed by atoms with Gasteiger partial charge in [0, 0.05) is 6.54 Å². The number of carbonyl (C=O) groups is 1. The van der Waals surface area contributed by atoms with Gasteiger partial charge in [0.25, 0.3) is 0 Å². The van der Waals surface area contributed by atoms with Gasteiger partial charge in [-0.3, -0.25) is 4.79 Å². The first-order valence-electron chi connectivity index (χ1n) is 7.73. The Morgan fingerprint density at radius 1 is 1.43 bits per heavy atom. The molecule has 3 rings (SSSR count). The lowest BCUT2D eigenvalue weighted by Crippen LogP contribution is -2.44. The normalized spacial score (nSPS) is 26.9. The summed E-state index contributed by atoms with van der Waals surface area (Å²) >= 11 is 0. The molecular weight excluding hydrogens is 262 g/mol. The second-order valence-corrected chi connectivity index (χ2v) is 6.21. The third kappa shape index (κ3) is 2.62. The summed E-state index contributed by atoms with van der Waals surface area (Å²) in [6.45, 7) is 8.55. The Kier molecular flexibility index (Phi) is 3.85. The Hall–Kier alpha value is -1.61. The molecule has 112 valence electrons. The van der Waals surface area contributed by atoms with Gasteiger partial charge in [0.15, 0.2) is 0 Å². The van der Waals surface area contributed by atoms with Crippen molar-refractivity contribution in [2.75, 3.05) is 0 Å². The van der Waals surface area contributed by atoms with E-state index in [1.165, 1.54) is 22.8 Å². The van der Waals surface area contributed by atoms with Crippen LogP contribution in [0.15, 0.2) is 30.9 Å². The van der Waals surface area contributed by atoms with Crippen LogP contribution in [0.2, 0.25) is 0 Å². The first-order chi connectivity index (χ1) is 10.1. The number of hydrogen-bond donors (Lipinski definition) is 0. The highest BCUT2D eigenvalue weighted by atomic mass is 16.5. The van der Waals surface area contributed by atoms with Gasteiger partial charge in [0.1, 0.15) is 0 Å². The van der Waals surface area contributed by atoms with Gasteiger partial charge in [-0.15, -0.1) is 0 Å². The summed E-state index contributed by atoms with van der Waals surface area (Å²) < 4.78 is 5.92. The number of fused-ring (bicyclic) bond motifs is 2. The number of benzene rings is 1. The fourth-order valence-corrected chi connectivity index (χ4v) is 3.58. The molecule has 2 fully saturated rings. The minimum atomic E-state index is 0.0112. The Morgan fingerprint density at radius 3 is 2.86 bits per heavy atom. The van der Waals surface area contributed by atoms with Crippen LogP contribution >= 0.6 is 0 Å². The van der Waals surface area contributed by atoms with Crippen LogP contribution in [-0.2, 0) is 16.1 Å². The van der Waals surface area contributed by atoms with E-state index >= 15 is 0 Å². The van der Waals surface area contributed by atoms with E-state index in [2.05, 4.69) is 38.6 Å². The fourth-order valence-electron chi connectivity index (χ4n) is 3.58. The molecule has 1 aromatic carbocycles. The molecule has 0 N–H and O–H groups in total. The van der Waals surface area contributed by atoms with Crippen LogP contribution in [-0.4, -0.2) is 29.1 Å². The van der Waals surface area contributed by atoms with Crippen LogP contribution in [0, 0.1) is 13.8 Å². The molecule has 0 radical (unpaired) electrons. The maximum absolute atomic E-state index is 12.3. The molecule has 3 nitrogen and oxygen atoms in total. The minimum Gasteiger partial charge on any atom is -0.373 e. The van der Waals surface area contributed by atoms with Crippen LogP contribution < -0.4 is 0 Å². The van der Waals surface area contributed by atoms with Gasteiger partial charge in [-0.25, -0.2) is 0 Å². The zero-order valence-corrected chi connectivity index (χ0v) is 12.8. The third-order valence-electron chi connectivity index (χ3n) is 4.99. The van der Waals surface area contributed by atoms with Crippen molar-refractivity contribution >= 4 is 5.91 Å². The molecule has 0 spiro atoms. The van der Waals surface area contributed by atoms with Crippen molar-refractivity contribution in [3.05, 3.63) is 47.5 Å². The topological polar surface area (TPSA) is 29.5 Å². The zero-order chi connectivity index (χ0) is 15.0. The monoisotopic (exact) mass is 285 g/mol. The Labute approximate surface area is 126 Å². The van der Waals surface area contributed by atoms with Gasteiger partial charge in [-0.1, -0.05) is 24.8 Å². The first-order valence-corrected chi connectivity index (χ1v) is 7.73. The van der Waals surface area contributed by atoms with Gasteiger partial charge >= 0.3 is 0 Å². The highest BCUT2D eigenvalue weighted by molar-refractivity contribution is 5.87. The van der Waals surface area contributed by atoms with E-state index in [0.717, 1.165) is 19.3 Å². The maximum Gasteiger partial charge on any atom is 0.246 e. The van der Waals surface area contributed by atoms with Crippen molar-refractivity contribution in [3.8, 4) is 0 Å². The molecular formula is C18H23NO2. The first kappa shape index (κ1) is 14.3. The van der Waals surface area contributed by atoms with Crippen LogP contribution in [0.3, 0.4) is 0 Å². The van der Waals surface area contributed by atoms with Crippen molar-refractivity contribution in [1.82, 2.24) is 4.90 Å². The average Bonchev–Trinajstić information content (AvgIpc) is 3.10. The molecule has 0 aliphatic carbocycles. The highest BCUT2D eigenvalue weighted by Gasteiger charge is 2.44. The summed E-state index contributed by atoms with van der Waals surface area (Å²) in [5.74, 6) is 0.0112. The molecule has 0 unspecified atom stereocenters. The Balaban J connectivity index is 1.85. The molecule has 21 heavy (non-hydrogen) atoms. The summed E-state index contributed by atoms with van der Waals surface area (Å²) in [5.41, 5.74) is 3.75. The quantitative estimate of drug-likeness (QED) is 0.795. The molecule has 2 saturated heterocycles. The van der Waals surface area contributed by atoms with Crippen molar-refractivity contribution in [3.63, 3.8) is 0 Å². The SMILES string of the molecule is C=CC(=O)N(Cc1cccc(C)c1C)[C@@H]1C[C@H]2CC[C@@H]1O2. The second-order valence-electron chi connectivity index (χ2n) is 6.21. The van der Waals surface area contributed by atoms with Gasteiger partial charge in [0.05, 0.1) is 18.2 Å². The molecule has 2 bridgehead atoms. The van der Waals surface area contributed by atoms with E-state index in [4.69, 9.17) is 4.74 Å². The van der Waals surface area contributed by atoms with Crippen molar-refractivity contribution in [2.45, 2.75) is 57.9 Å². The lowest BCUT2D eigenvalue weighted by Gasteiger charge is -2.32. The van der Waals surface area contributed by atoms with Gasteiger partial charge in [0.2, 0.25) is 5.91 Å². The van der Waals surface area contributed by atoms with E-state index < -0.39 is 0 Å². The van der Waals surface area contributed by atoms with E-state index in [-0.39, 0.29) is 18.1 Å². The molecule has 2 heterocycles. The van der Waals surface area contributed by atoms with E-state index in [0.29, 0.717) is 12.6 Å². The second kappa shape index (κ2) is 5.64. The van der Waals surface area contributed by atoms with E-state index in [9.17, 15) is 4.79 Å². The molecule has 1 aromatic rings. The molecule has 1 amide bonds. The summed E-state index contributed by atoms with van der Waals surface area (Å²) in [7, 11) is 0. The Morgan fingerprint density at radius 2 is 2.24 bits per heavy atom. The summed E-state index contributed by atoms with van der Waals surface area (Å²) in [5, 5.41) is 0. The largest absolute Gasteiger partial charge is 0.373 e. The van der Waals surface area contributed by atoms with E-state index in [1.54, 1.807) is 0 Å². The number of amides is 1. The molecule has 2 aliphatic rings. The molecule has 3 heteroatoms. The number of hydrogen-bond acceptors (Lipinski definition) is 2. The average molecular weight is 285 g/mol. The standard InChI is InChI=1S/C18H23NO2/c1-4-18(20)19(16-10-15-8-9-17(16)21-15)11-14-7-5-6-12(2)13(14)3/h4-7,15-17H,1,8-11H2,2-3H3/t15-,16-,17+/m1/s1. The minimum absolute atomic E-state index is 0.0112. The van der Waals surface area contributed by atoms with Crippen molar-refractivity contribution in [1.29, 1.82) is 0 Å². The predicted molar refractivity (Wildman–Crippen MR) is 83.0 cm³/mol. The number of carbonyl (C=O) groups excluding carboxylic acids is 1. The Bertz CT molecular complexity index is 566. The van der Waals surface area contributed by atoms with E-state index in [1.807, 2.05) is 4.90 Å². The van der Waals surface area contributed by atoms with Crippen LogP contribution in [0.25, 0.3) is 0 Å². The van der Waals surface area contributed by atoms with Gasteiger partial charge in [-0.2, -0.15) is 0 Å². The lowest BCUT2D eigenvalue weighted by molar-refractivity contribution is -0.130. The lowest BCUT2D eigenvalue weighted by atomic mass is 9.93. The highest BCUT2D eigenvalue weighted by Crippen LogP contribution is 2.38. The number of nitrogens with zero attached hydrogens (tertiary/aromatic N) is 1. The molecule has 0 aromatic heterocycles. The van der Waals surface area contributed by atoms with Crippen LogP contribution in [0.4, 0.5) is 0 Å². The zero-order valence-electron chi connectivity index (χ0n) is 12.8. The number of aryl methyl sites for hydroxylation is 1. The maximum atomic E-state index is 12.3. The van der Waals surface area contributed by atoms with Crippen LogP contribution in [0.1, 0.15) is 36.0 Å². The van der Waals surface area contributed by atoms with Crippen molar-refractivity contribution in [2.24, 2.45) is 0 Å². The summed E-state index contributed by atoms with van der Waals surface area (Å²) in [4.78, 5) is 14.3.